The molecule has 1 N–H and O–H groups in total. The van der Waals surface area contributed by atoms with Crippen molar-refractivity contribution in [3.8, 4) is 0 Å². The summed E-state index contributed by atoms with van der Waals surface area (Å²) < 4.78 is 12.1. The van der Waals surface area contributed by atoms with Gasteiger partial charge in [-0.15, -0.1) is 0 Å². The second kappa shape index (κ2) is 6.71. The van der Waals surface area contributed by atoms with Crippen molar-refractivity contribution < 1.29 is 33.9 Å². The highest BCUT2D eigenvalue weighted by molar-refractivity contribution is 5.76. The first-order chi connectivity index (χ1) is 12.7. The molecule has 7 heteroatoms. The fraction of sp³-hybridized carbons (Fsp3) is 0.900. The molecule has 3 heterocycles. The van der Waals surface area contributed by atoms with Gasteiger partial charge in [-0.3, -0.25) is 9.59 Å². The molecule has 0 radical (unpaired) electrons. The van der Waals surface area contributed by atoms with Crippen molar-refractivity contribution in [2.75, 3.05) is 0 Å². The van der Waals surface area contributed by atoms with Crippen molar-refractivity contribution in [3.05, 3.63) is 0 Å². The van der Waals surface area contributed by atoms with Gasteiger partial charge in [0.05, 0.1) is 18.9 Å². The van der Waals surface area contributed by atoms with Crippen LogP contribution >= 0.6 is 0 Å². The summed E-state index contributed by atoms with van der Waals surface area (Å²) in [5.74, 6) is -0.981. The second-order valence-electron chi connectivity index (χ2n) is 9.08. The van der Waals surface area contributed by atoms with Crippen LogP contribution in [0.15, 0.2) is 0 Å². The van der Waals surface area contributed by atoms with E-state index in [1.807, 2.05) is 6.92 Å². The first kappa shape index (κ1) is 19.2. The molecule has 2 saturated carbocycles. The van der Waals surface area contributed by atoms with Crippen LogP contribution in [-0.4, -0.2) is 40.6 Å². The van der Waals surface area contributed by atoms with Crippen molar-refractivity contribution in [2.45, 2.75) is 89.3 Å². The Balaban J connectivity index is 1.58. The van der Waals surface area contributed by atoms with Crippen LogP contribution in [0.4, 0.5) is 0 Å². The van der Waals surface area contributed by atoms with E-state index in [9.17, 15) is 9.59 Å². The van der Waals surface area contributed by atoms with Crippen molar-refractivity contribution in [3.63, 3.8) is 0 Å². The lowest BCUT2D eigenvalue weighted by atomic mass is 9.53. The second-order valence-corrected chi connectivity index (χ2v) is 9.08. The number of esters is 1. The fourth-order valence-corrected chi connectivity index (χ4v) is 6.03. The first-order valence-corrected chi connectivity index (χ1v) is 10.2. The number of carboxylic acid groups (broad SMARTS) is 1. The number of carbonyl (C=O) groups excluding carboxylic acids is 1. The number of carbonyl (C=O) groups is 2. The molecule has 0 unspecified atom stereocenters. The van der Waals surface area contributed by atoms with Gasteiger partial charge in [0.15, 0.2) is 5.79 Å². The zero-order valence-electron chi connectivity index (χ0n) is 16.3. The summed E-state index contributed by atoms with van der Waals surface area (Å²) in [7, 11) is 0. The average Bonchev–Trinajstić information content (AvgIpc) is 2.84. The van der Waals surface area contributed by atoms with E-state index in [4.69, 9.17) is 24.4 Å². The quantitative estimate of drug-likeness (QED) is 0.590. The number of ether oxygens (including phenoxy) is 2. The predicted molar refractivity (Wildman–Crippen MR) is 93.3 cm³/mol. The van der Waals surface area contributed by atoms with Gasteiger partial charge in [-0.2, -0.15) is 0 Å². The maximum atomic E-state index is 12.2. The van der Waals surface area contributed by atoms with Crippen molar-refractivity contribution in [2.24, 2.45) is 23.7 Å². The minimum absolute atomic E-state index is 0.100. The maximum absolute atomic E-state index is 12.2. The number of carboxylic acids is 1. The number of hydrogen-bond donors (Lipinski definition) is 1. The van der Waals surface area contributed by atoms with Gasteiger partial charge >= 0.3 is 11.9 Å². The third-order valence-corrected chi connectivity index (χ3v) is 7.44. The van der Waals surface area contributed by atoms with E-state index in [1.54, 1.807) is 0 Å². The van der Waals surface area contributed by atoms with Gasteiger partial charge in [0.2, 0.25) is 0 Å². The van der Waals surface area contributed by atoms with Crippen molar-refractivity contribution >= 4 is 11.9 Å². The van der Waals surface area contributed by atoms with Gasteiger partial charge < -0.3 is 14.6 Å². The van der Waals surface area contributed by atoms with Crippen LogP contribution in [0.25, 0.3) is 0 Å². The zero-order valence-corrected chi connectivity index (χ0v) is 16.3. The van der Waals surface area contributed by atoms with E-state index in [0.717, 1.165) is 25.7 Å². The molecule has 3 saturated heterocycles. The summed E-state index contributed by atoms with van der Waals surface area (Å²) >= 11 is 0. The van der Waals surface area contributed by atoms with Gasteiger partial charge in [0.25, 0.3) is 0 Å². The molecule has 2 aliphatic carbocycles. The molecule has 8 atom stereocenters. The van der Waals surface area contributed by atoms with E-state index in [0.29, 0.717) is 18.3 Å². The standard InChI is InChI=1S/C20H30O7/c1-11-4-5-14-12(2)15(24-18(23)7-6-17(21)22)10-16-20(14)13(11)8-9-19(3,25-16)26-27-20/h11-16H,4-10H2,1-3H3,(H,21,22)/t11-,12-,13+,14+,15-,16+,19-,20-/m1/s1. The topological polar surface area (TPSA) is 91.3 Å². The van der Waals surface area contributed by atoms with Gasteiger partial charge in [-0.05, 0) is 43.9 Å². The van der Waals surface area contributed by atoms with Gasteiger partial charge in [-0.25, -0.2) is 9.78 Å². The molecular formula is C20H30O7. The van der Waals surface area contributed by atoms with Crippen LogP contribution in [0.3, 0.4) is 0 Å². The fourth-order valence-electron chi connectivity index (χ4n) is 6.03. The third kappa shape index (κ3) is 3.08. The smallest absolute Gasteiger partial charge is 0.306 e. The summed E-state index contributed by atoms with van der Waals surface area (Å²) in [6.07, 6.45) is 3.72. The van der Waals surface area contributed by atoms with Crippen LogP contribution in [-0.2, 0) is 28.8 Å². The van der Waals surface area contributed by atoms with Crippen molar-refractivity contribution in [1.82, 2.24) is 0 Å². The Hall–Kier alpha value is -1.18. The van der Waals surface area contributed by atoms with Crippen molar-refractivity contribution in [1.29, 1.82) is 0 Å². The molecule has 0 aromatic rings. The molecule has 27 heavy (non-hydrogen) atoms. The molecule has 3 aliphatic heterocycles. The molecule has 0 amide bonds. The molecule has 5 fully saturated rings. The minimum atomic E-state index is -0.991. The van der Waals surface area contributed by atoms with Crippen LogP contribution < -0.4 is 0 Å². The third-order valence-electron chi connectivity index (χ3n) is 7.44. The first-order valence-electron chi connectivity index (χ1n) is 10.2. The lowest BCUT2D eigenvalue weighted by Gasteiger charge is -2.60. The number of hydrogen-bond acceptors (Lipinski definition) is 6. The highest BCUT2D eigenvalue weighted by atomic mass is 17.3. The number of fused-ring (bicyclic) bond motifs is 2. The Morgan fingerprint density at radius 1 is 1.11 bits per heavy atom. The lowest BCUT2D eigenvalue weighted by Crippen LogP contribution is -2.69. The molecule has 5 aliphatic rings. The lowest BCUT2D eigenvalue weighted by molar-refractivity contribution is -0.540. The zero-order chi connectivity index (χ0) is 19.4. The summed E-state index contributed by atoms with van der Waals surface area (Å²) in [4.78, 5) is 34.8. The largest absolute Gasteiger partial charge is 0.481 e. The molecular weight excluding hydrogens is 352 g/mol. The van der Waals surface area contributed by atoms with Gasteiger partial charge in [0, 0.05) is 18.8 Å². The maximum Gasteiger partial charge on any atom is 0.306 e. The minimum Gasteiger partial charge on any atom is -0.481 e. The highest BCUT2D eigenvalue weighted by Gasteiger charge is 2.68. The Kier molecular flexibility index (Phi) is 4.76. The Morgan fingerprint density at radius 3 is 2.63 bits per heavy atom. The predicted octanol–water partition coefficient (Wildman–Crippen LogP) is 3.06. The molecule has 1 spiro atoms. The number of aliphatic carboxylic acids is 1. The van der Waals surface area contributed by atoms with E-state index in [2.05, 4.69) is 13.8 Å². The van der Waals surface area contributed by atoms with E-state index < -0.39 is 23.3 Å². The van der Waals surface area contributed by atoms with Gasteiger partial charge in [0.1, 0.15) is 11.7 Å². The van der Waals surface area contributed by atoms with Crippen LogP contribution in [0.1, 0.15) is 65.7 Å². The van der Waals surface area contributed by atoms with Crippen LogP contribution in [0, 0.1) is 23.7 Å². The van der Waals surface area contributed by atoms with Crippen LogP contribution in [0.2, 0.25) is 0 Å². The molecule has 0 aromatic heterocycles. The summed E-state index contributed by atoms with van der Waals surface area (Å²) in [5.41, 5.74) is -0.475. The Labute approximate surface area is 159 Å². The average molecular weight is 382 g/mol. The normalized spacial score (nSPS) is 48.4. The van der Waals surface area contributed by atoms with E-state index in [1.165, 1.54) is 0 Å². The number of rotatable bonds is 4. The molecule has 152 valence electrons. The molecule has 0 aromatic carbocycles. The summed E-state index contributed by atoms with van der Waals surface area (Å²) in [6, 6.07) is 0. The van der Waals surface area contributed by atoms with E-state index in [-0.39, 0.29) is 36.9 Å². The molecule has 5 rings (SSSR count). The van der Waals surface area contributed by atoms with E-state index >= 15 is 0 Å². The highest BCUT2D eigenvalue weighted by Crippen LogP contribution is 2.61. The molecule has 7 nitrogen and oxygen atoms in total. The SMILES string of the molecule is C[C@H]1[C@H](OC(=O)CCC(=O)O)C[C@@H]2O[C@@]3(C)CC[C@H]4[C@H](C)CC[C@@H]1[C@@]24OO3. The van der Waals surface area contributed by atoms with Crippen LogP contribution in [0.5, 0.6) is 0 Å². The summed E-state index contributed by atoms with van der Waals surface area (Å²) in [5, 5.41) is 8.79. The van der Waals surface area contributed by atoms with Gasteiger partial charge in [-0.1, -0.05) is 13.8 Å². The molecule has 2 bridgehead atoms. The Bertz CT molecular complexity index is 621. The summed E-state index contributed by atoms with van der Waals surface area (Å²) in [6.45, 7) is 6.32. The monoisotopic (exact) mass is 382 g/mol. The Morgan fingerprint density at radius 2 is 1.89 bits per heavy atom.